The molecule has 1 amide bonds. The number of thioether (sulfide) groups is 1. The lowest BCUT2D eigenvalue weighted by Gasteiger charge is -2.31. The van der Waals surface area contributed by atoms with Crippen LogP contribution in [0.4, 0.5) is 10.1 Å². The van der Waals surface area contributed by atoms with E-state index in [0.717, 1.165) is 42.9 Å². The molecule has 31 heavy (non-hydrogen) atoms. The largest absolute Gasteiger partial charge is 0.326 e. The second kappa shape index (κ2) is 10.6. The Morgan fingerprint density at radius 2 is 1.61 bits per heavy atom. The van der Waals surface area contributed by atoms with E-state index in [2.05, 4.69) is 34.5 Å². The van der Waals surface area contributed by atoms with Crippen molar-refractivity contribution >= 4 is 23.4 Å². The van der Waals surface area contributed by atoms with Crippen molar-refractivity contribution in [1.29, 1.82) is 0 Å². The predicted octanol–water partition coefficient (Wildman–Crippen LogP) is 5.97. The Bertz CT molecular complexity index is 986. The van der Waals surface area contributed by atoms with Gasteiger partial charge in [0.05, 0.1) is 0 Å². The number of nitrogens with one attached hydrogen (secondary N) is 1. The van der Waals surface area contributed by atoms with Crippen molar-refractivity contribution in [1.82, 2.24) is 4.90 Å². The van der Waals surface area contributed by atoms with Gasteiger partial charge in [0, 0.05) is 34.4 Å². The number of piperidine rings is 1. The molecule has 1 aliphatic rings. The number of nitrogens with zero attached hydrogens (tertiary/aromatic N) is 1. The molecular formula is C26H27FN2OS. The van der Waals surface area contributed by atoms with Crippen LogP contribution in [0.1, 0.15) is 24.0 Å². The monoisotopic (exact) mass is 434 g/mol. The van der Waals surface area contributed by atoms with Gasteiger partial charge in [0.25, 0.3) is 0 Å². The van der Waals surface area contributed by atoms with Crippen molar-refractivity contribution in [3.05, 3.63) is 95.8 Å². The lowest BCUT2D eigenvalue weighted by Crippen LogP contribution is -2.37. The molecule has 0 atom stereocenters. The summed E-state index contributed by atoms with van der Waals surface area (Å²) in [4.78, 5) is 16.2. The van der Waals surface area contributed by atoms with E-state index in [0.29, 0.717) is 6.54 Å². The normalized spacial score (nSPS) is 15.0. The first-order valence-electron chi connectivity index (χ1n) is 10.7. The zero-order valence-corrected chi connectivity index (χ0v) is 18.3. The molecule has 3 nitrogen and oxygen atoms in total. The molecule has 0 saturated carbocycles. The van der Waals surface area contributed by atoms with Gasteiger partial charge in [-0.15, -0.1) is 11.8 Å². The Balaban J connectivity index is 1.23. The van der Waals surface area contributed by atoms with Crippen LogP contribution in [0.25, 0.3) is 0 Å². The molecule has 4 rings (SSSR count). The fourth-order valence-electron chi connectivity index (χ4n) is 3.83. The standard InChI is InChI=1S/C26H27FN2OS/c27-25-9-5-4-6-22(25)18-29-16-14-21(15-17-29)26(30)28-23-12-10-20(11-13-23)19-31-24-7-2-1-3-8-24/h1-13,21H,14-19H2,(H,28,30). The molecule has 1 saturated heterocycles. The van der Waals surface area contributed by atoms with Gasteiger partial charge in [-0.25, -0.2) is 4.39 Å². The zero-order valence-electron chi connectivity index (χ0n) is 17.5. The number of likely N-dealkylation sites (tertiary alicyclic amines) is 1. The maximum atomic E-state index is 13.9. The van der Waals surface area contributed by atoms with Crippen LogP contribution in [0, 0.1) is 11.7 Å². The molecule has 0 bridgehead atoms. The Morgan fingerprint density at radius 3 is 2.32 bits per heavy atom. The molecule has 1 aliphatic heterocycles. The van der Waals surface area contributed by atoms with Crippen LogP contribution in [0.3, 0.4) is 0 Å². The molecule has 5 heteroatoms. The molecule has 0 spiro atoms. The quantitative estimate of drug-likeness (QED) is 0.465. The van der Waals surface area contributed by atoms with Gasteiger partial charge in [-0.1, -0.05) is 48.5 Å². The van der Waals surface area contributed by atoms with Crippen molar-refractivity contribution in [2.75, 3.05) is 18.4 Å². The highest BCUT2D eigenvalue weighted by molar-refractivity contribution is 7.98. The number of benzene rings is 3. The Labute approximate surface area is 187 Å². The Kier molecular flexibility index (Phi) is 7.39. The number of rotatable bonds is 7. The van der Waals surface area contributed by atoms with Crippen molar-refractivity contribution in [2.24, 2.45) is 5.92 Å². The van der Waals surface area contributed by atoms with Gasteiger partial charge in [0.15, 0.2) is 0 Å². The summed E-state index contributed by atoms with van der Waals surface area (Å²) in [5, 5.41) is 3.06. The SMILES string of the molecule is O=C(Nc1ccc(CSc2ccccc2)cc1)C1CCN(Cc2ccccc2F)CC1. The minimum Gasteiger partial charge on any atom is -0.326 e. The van der Waals surface area contributed by atoms with E-state index in [-0.39, 0.29) is 17.6 Å². The summed E-state index contributed by atoms with van der Waals surface area (Å²) in [7, 11) is 0. The molecule has 160 valence electrons. The summed E-state index contributed by atoms with van der Waals surface area (Å²) in [5.74, 6) is 0.828. The summed E-state index contributed by atoms with van der Waals surface area (Å²) in [5.41, 5.74) is 2.79. The average molecular weight is 435 g/mol. The van der Waals surface area contributed by atoms with Crippen molar-refractivity contribution in [3.8, 4) is 0 Å². The van der Waals surface area contributed by atoms with E-state index in [9.17, 15) is 9.18 Å². The van der Waals surface area contributed by atoms with Gasteiger partial charge < -0.3 is 5.32 Å². The number of halogens is 1. The summed E-state index contributed by atoms with van der Waals surface area (Å²) < 4.78 is 13.9. The molecule has 3 aromatic carbocycles. The van der Waals surface area contributed by atoms with E-state index in [4.69, 9.17) is 0 Å². The topological polar surface area (TPSA) is 32.3 Å². The zero-order chi connectivity index (χ0) is 21.5. The minimum absolute atomic E-state index is 0.00480. The highest BCUT2D eigenvalue weighted by Gasteiger charge is 2.25. The molecule has 0 aliphatic carbocycles. The van der Waals surface area contributed by atoms with E-state index in [1.165, 1.54) is 16.5 Å². The van der Waals surface area contributed by atoms with E-state index in [1.807, 2.05) is 42.5 Å². The molecule has 1 fully saturated rings. The smallest absolute Gasteiger partial charge is 0.227 e. The Hall–Kier alpha value is -2.63. The molecule has 0 radical (unpaired) electrons. The first-order chi connectivity index (χ1) is 15.2. The first kappa shape index (κ1) is 21.6. The van der Waals surface area contributed by atoms with Gasteiger partial charge in [-0.2, -0.15) is 0 Å². The summed E-state index contributed by atoms with van der Waals surface area (Å²) in [6.45, 7) is 2.22. The van der Waals surface area contributed by atoms with Gasteiger partial charge in [-0.05, 0) is 61.8 Å². The molecule has 3 aromatic rings. The second-order valence-electron chi connectivity index (χ2n) is 7.93. The van der Waals surface area contributed by atoms with Crippen LogP contribution in [-0.4, -0.2) is 23.9 Å². The molecular weight excluding hydrogens is 407 g/mol. The van der Waals surface area contributed by atoms with Gasteiger partial charge >= 0.3 is 0 Å². The number of hydrogen-bond acceptors (Lipinski definition) is 3. The number of anilines is 1. The summed E-state index contributed by atoms with van der Waals surface area (Å²) in [6, 6.07) is 25.3. The van der Waals surface area contributed by atoms with Crippen molar-refractivity contribution < 1.29 is 9.18 Å². The maximum Gasteiger partial charge on any atom is 0.227 e. The third-order valence-electron chi connectivity index (χ3n) is 5.68. The molecule has 0 unspecified atom stereocenters. The van der Waals surface area contributed by atoms with Crippen molar-refractivity contribution in [3.63, 3.8) is 0 Å². The number of hydrogen-bond donors (Lipinski definition) is 1. The van der Waals surface area contributed by atoms with Crippen LogP contribution in [-0.2, 0) is 17.1 Å². The van der Waals surface area contributed by atoms with E-state index >= 15 is 0 Å². The van der Waals surface area contributed by atoms with Crippen LogP contribution in [0.15, 0.2) is 83.8 Å². The van der Waals surface area contributed by atoms with Gasteiger partial charge in [-0.3, -0.25) is 9.69 Å². The van der Waals surface area contributed by atoms with Crippen LogP contribution >= 0.6 is 11.8 Å². The van der Waals surface area contributed by atoms with Crippen LogP contribution in [0.2, 0.25) is 0 Å². The third kappa shape index (κ3) is 6.18. The number of carbonyl (C=O) groups is 1. The van der Waals surface area contributed by atoms with E-state index < -0.39 is 0 Å². The lowest BCUT2D eigenvalue weighted by atomic mass is 9.95. The minimum atomic E-state index is -0.159. The molecule has 1 N–H and O–H groups in total. The predicted molar refractivity (Wildman–Crippen MR) is 125 cm³/mol. The van der Waals surface area contributed by atoms with Gasteiger partial charge in [0.1, 0.15) is 5.82 Å². The van der Waals surface area contributed by atoms with Gasteiger partial charge in [0.2, 0.25) is 5.91 Å². The second-order valence-corrected chi connectivity index (χ2v) is 8.98. The Morgan fingerprint density at radius 1 is 0.935 bits per heavy atom. The fourth-order valence-corrected chi connectivity index (χ4v) is 4.71. The number of carbonyl (C=O) groups excluding carboxylic acids is 1. The average Bonchev–Trinajstić information content (AvgIpc) is 2.81. The number of amides is 1. The molecule has 1 heterocycles. The lowest BCUT2D eigenvalue weighted by molar-refractivity contribution is -0.121. The summed E-state index contributed by atoms with van der Waals surface area (Å²) >= 11 is 1.80. The van der Waals surface area contributed by atoms with Crippen LogP contribution in [0.5, 0.6) is 0 Å². The fraction of sp³-hybridized carbons (Fsp3) is 0.269. The third-order valence-corrected chi connectivity index (χ3v) is 6.76. The maximum absolute atomic E-state index is 13.9. The van der Waals surface area contributed by atoms with Crippen LogP contribution < -0.4 is 5.32 Å². The highest BCUT2D eigenvalue weighted by atomic mass is 32.2. The molecule has 0 aromatic heterocycles. The first-order valence-corrected chi connectivity index (χ1v) is 11.7. The highest BCUT2D eigenvalue weighted by Crippen LogP contribution is 2.24. The summed E-state index contributed by atoms with van der Waals surface area (Å²) in [6.07, 6.45) is 1.60. The van der Waals surface area contributed by atoms with E-state index in [1.54, 1.807) is 17.8 Å². The van der Waals surface area contributed by atoms with Crippen molar-refractivity contribution in [2.45, 2.75) is 30.0 Å².